The Morgan fingerprint density at radius 1 is 1.41 bits per heavy atom. The Morgan fingerprint density at radius 3 is 2.47 bits per heavy atom. The molecule has 0 radical (unpaired) electrons. The molecule has 0 spiro atoms. The first-order chi connectivity index (χ1) is 7.77. The molecule has 0 aliphatic heterocycles. The van der Waals surface area contributed by atoms with Crippen LogP contribution in [0.3, 0.4) is 0 Å². The van der Waals surface area contributed by atoms with Crippen molar-refractivity contribution in [3.05, 3.63) is 11.7 Å². The highest BCUT2D eigenvalue weighted by molar-refractivity contribution is 7.90. The van der Waals surface area contributed by atoms with Crippen molar-refractivity contribution in [1.29, 1.82) is 0 Å². The van der Waals surface area contributed by atoms with Crippen molar-refractivity contribution in [3.63, 3.8) is 0 Å². The summed E-state index contributed by atoms with van der Waals surface area (Å²) >= 11 is 0. The minimum atomic E-state index is -3.22. The van der Waals surface area contributed by atoms with E-state index in [0.717, 1.165) is 12.7 Å². The normalized spacial score (nSPS) is 17.7. The van der Waals surface area contributed by atoms with Crippen molar-refractivity contribution in [3.8, 4) is 0 Å². The van der Waals surface area contributed by atoms with Gasteiger partial charge in [-0.1, -0.05) is 25.4 Å². The van der Waals surface area contributed by atoms with Gasteiger partial charge in [0, 0.05) is 6.26 Å². The van der Waals surface area contributed by atoms with Crippen molar-refractivity contribution >= 4 is 9.84 Å². The molecule has 6 nitrogen and oxygen atoms in total. The van der Waals surface area contributed by atoms with Gasteiger partial charge in [-0.05, 0) is 12.8 Å². The van der Waals surface area contributed by atoms with Crippen LogP contribution in [0.5, 0.6) is 0 Å². The molecule has 0 aliphatic carbocycles. The van der Waals surface area contributed by atoms with Crippen LogP contribution in [0.1, 0.15) is 50.2 Å². The van der Waals surface area contributed by atoms with E-state index in [9.17, 15) is 8.42 Å². The third-order valence-electron chi connectivity index (χ3n) is 3.01. The van der Waals surface area contributed by atoms with Crippen LogP contribution in [-0.2, 0) is 9.84 Å². The van der Waals surface area contributed by atoms with E-state index >= 15 is 0 Å². The molecule has 0 fully saturated rings. The summed E-state index contributed by atoms with van der Waals surface area (Å²) in [5.74, 6) is 0.669. The first-order valence-corrected chi connectivity index (χ1v) is 7.50. The quantitative estimate of drug-likeness (QED) is 0.855. The Kier molecular flexibility index (Phi) is 4.26. The molecular formula is C10H19N3O3S. The van der Waals surface area contributed by atoms with E-state index in [1.165, 1.54) is 6.92 Å². The maximum atomic E-state index is 11.3. The van der Waals surface area contributed by atoms with Crippen LogP contribution in [0.25, 0.3) is 0 Å². The van der Waals surface area contributed by atoms with Crippen LogP contribution in [0.4, 0.5) is 0 Å². The average molecular weight is 261 g/mol. The van der Waals surface area contributed by atoms with Gasteiger partial charge in [0.1, 0.15) is 5.25 Å². The Hall–Kier alpha value is -0.950. The van der Waals surface area contributed by atoms with Crippen molar-refractivity contribution in [2.24, 2.45) is 11.7 Å². The highest BCUT2D eigenvalue weighted by Crippen LogP contribution is 2.23. The number of nitrogens with zero attached hydrogens (tertiary/aromatic N) is 2. The van der Waals surface area contributed by atoms with Gasteiger partial charge >= 0.3 is 0 Å². The zero-order valence-electron chi connectivity index (χ0n) is 10.5. The third kappa shape index (κ3) is 3.26. The summed E-state index contributed by atoms with van der Waals surface area (Å²) in [4.78, 5) is 4.06. The van der Waals surface area contributed by atoms with E-state index in [2.05, 4.69) is 10.1 Å². The molecule has 0 aromatic carbocycles. The van der Waals surface area contributed by atoms with Crippen LogP contribution in [0.2, 0.25) is 0 Å². The fourth-order valence-electron chi connectivity index (χ4n) is 1.24. The van der Waals surface area contributed by atoms with Crippen LogP contribution in [0.15, 0.2) is 4.52 Å². The highest BCUT2D eigenvalue weighted by Gasteiger charge is 2.26. The molecule has 7 heteroatoms. The Bertz CT molecular complexity index is 469. The lowest BCUT2D eigenvalue weighted by Crippen LogP contribution is -2.19. The monoisotopic (exact) mass is 261 g/mol. The number of nitrogens with two attached hydrogens (primary N) is 1. The van der Waals surface area contributed by atoms with E-state index in [0.29, 0.717) is 5.89 Å². The van der Waals surface area contributed by atoms with Crippen molar-refractivity contribution < 1.29 is 12.9 Å². The van der Waals surface area contributed by atoms with Crippen molar-refractivity contribution in [2.75, 3.05) is 6.26 Å². The molecule has 0 aliphatic rings. The maximum absolute atomic E-state index is 11.3. The van der Waals surface area contributed by atoms with Gasteiger partial charge < -0.3 is 10.3 Å². The summed E-state index contributed by atoms with van der Waals surface area (Å²) in [6.45, 7) is 5.52. The largest absolute Gasteiger partial charge is 0.338 e. The second-order valence-electron chi connectivity index (χ2n) is 4.37. The van der Waals surface area contributed by atoms with Gasteiger partial charge in [-0.25, -0.2) is 8.42 Å². The number of aromatic nitrogens is 2. The van der Waals surface area contributed by atoms with E-state index in [4.69, 9.17) is 10.3 Å². The zero-order chi connectivity index (χ0) is 13.2. The smallest absolute Gasteiger partial charge is 0.243 e. The van der Waals surface area contributed by atoms with Gasteiger partial charge in [0.15, 0.2) is 15.7 Å². The fourth-order valence-corrected chi connectivity index (χ4v) is 1.72. The lowest BCUT2D eigenvalue weighted by Gasteiger charge is -2.13. The minimum Gasteiger partial charge on any atom is -0.338 e. The summed E-state index contributed by atoms with van der Waals surface area (Å²) in [6.07, 6.45) is 2.03. The molecule has 3 unspecified atom stereocenters. The predicted molar refractivity (Wildman–Crippen MR) is 63.9 cm³/mol. The second-order valence-corrected chi connectivity index (χ2v) is 6.74. The van der Waals surface area contributed by atoms with Gasteiger partial charge in [0.05, 0.1) is 6.04 Å². The van der Waals surface area contributed by atoms with Gasteiger partial charge in [-0.15, -0.1) is 0 Å². The summed E-state index contributed by atoms with van der Waals surface area (Å²) in [5, 5.41) is 2.90. The van der Waals surface area contributed by atoms with Crippen LogP contribution < -0.4 is 5.73 Å². The van der Waals surface area contributed by atoms with Gasteiger partial charge in [0.2, 0.25) is 5.89 Å². The van der Waals surface area contributed by atoms with E-state index < -0.39 is 15.1 Å². The summed E-state index contributed by atoms with van der Waals surface area (Å²) in [5.41, 5.74) is 5.93. The minimum absolute atomic E-state index is 0.168. The molecule has 2 N–H and O–H groups in total. The van der Waals surface area contributed by atoms with Crippen LogP contribution >= 0.6 is 0 Å². The maximum Gasteiger partial charge on any atom is 0.243 e. The summed E-state index contributed by atoms with van der Waals surface area (Å²) in [6, 6.07) is -0.354. The van der Waals surface area contributed by atoms with E-state index in [-0.39, 0.29) is 17.8 Å². The molecular weight excluding hydrogens is 242 g/mol. The van der Waals surface area contributed by atoms with E-state index in [1.807, 2.05) is 13.8 Å². The molecule has 1 heterocycles. The molecule has 17 heavy (non-hydrogen) atoms. The number of rotatable bonds is 5. The number of hydrogen-bond acceptors (Lipinski definition) is 6. The Labute approximate surface area is 102 Å². The topological polar surface area (TPSA) is 99.1 Å². The van der Waals surface area contributed by atoms with Gasteiger partial charge in [-0.2, -0.15) is 4.98 Å². The molecule has 1 rings (SSSR count). The standard InChI is InChI=1S/C10H19N3O3S/c1-5-6(2)8(11)10-12-9(13-16-10)7(3)17(4,14)15/h6-8H,5,11H2,1-4H3. The summed E-state index contributed by atoms with van der Waals surface area (Å²) < 4.78 is 27.7. The van der Waals surface area contributed by atoms with Crippen LogP contribution in [-0.4, -0.2) is 24.8 Å². The molecule has 1 aromatic heterocycles. The predicted octanol–water partition coefficient (Wildman–Crippen LogP) is 1.22. The number of sulfone groups is 1. The molecule has 0 saturated heterocycles. The van der Waals surface area contributed by atoms with Crippen molar-refractivity contribution in [2.45, 2.75) is 38.5 Å². The zero-order valence-corrected chi connectivity index (χ0v) is 11.4. The Morgan fingerprint density at radius 2 is 2.00 bits per heavy atom. The highest BCUT2D eigenvalue weighted by atomic mass is 32.2. The average Bonchev–Trinajstić information content (AvgIpc) is 2.73. The SMILES string of the molecule is CCC(C)C(N)c1nc(C(C)S(C)(=O)=O)no1. The lowest BCUT2D eigenvalue weighted by atomic mass is 10.0. The molecule has 0 amide bonds. The van der Waals surface area contributed by atoms with Crippen molar-refractivity contribution in [1.82, 2.24) is 10.1 Å². The fraction of sp³-hybridized carbons (Fsp3) is 0.800. The molecule has 0 saturated carbocycles. The first kappa shape index (κ1) is 14.1. The van der Waals surface area contributed by atoms with Gasteiger partial charge in [0.25, 0.3) is 0 Å². The second kappa shape index (κ2) is 5.14. The molecule has 3 atom stereocenters. The molecule has 1 aromatic rings. The molecule has 0 bridgehead atoms. The lowest BCUT2D eigenvalue weighted by molar-refractivity contribution is 0.310. The Balaban J connectivity index is 2.93. The first-order valence-electron chi connectivity index (χ1n) is 5.55. The van der Waals surface area contributed by atoms with Gasteiger partial charge in [-0.3, -0.25) is 0 Å². The van der Waals surface area contributed by atoms with Crippen LogP contribution in [0, 0.1) is 5.92 Å². The number of hydrogen-bond donors (Lipinski definition) is 1. The van der Waals surface area contributed by atoms with E-state index in [1.54, 1.807) is 0 Å². The third-order valence-corrected chi connectivity index (χ3v) is 4.50. The summed E-state index contributed by atoms with van der Waals surface area (Å²) in [7, 11) is -3.22. The molecule has 98 valence electrons.